The molecule has 0 fully saturated rings. The third-order valence-electron chi connectivity index (χ3n) is 4.64. The Labute approximate surface area is 177 Å². The summed E-state index contributed by atoms with van der Waals surface area (Å²) in [6.07, 6.45) is 4.01. The van der Waals surface area contributed by atoms with Crippen LogP contribution >= 0.6 is 23.1 Å². The highest BCUT2D eigenvalue weighted by Gasteiger charge is 2.15. The van der Waals surface area contributed by atoms with Crippen molar-refractivity contribution in [3.8, 4) is 6.07 Å². The lowest BCUT2D eigenvalue weighted by atomic mass is 10.2. The number of hydrogen-bond acceptors (Lipinski definition) is 5. The van der Waals surface area contributed by atoms with Gasteiger partial charge in [0, 0.05) is 33.5 Å². The molecule has 1 aromatic carbocycles. The Morgan fingerprint density at radius 3 is 2.76 bits per heavy atom. The molecule has 144 valence electrons. The molecule has 3 aromatic heterocycles. The molecule has 0 aliphatic carbocycles. The van der Waals surface area contributed by atoms with E-state index in [0.29, 0.717) is 16.1 Å². The molecular formula is C22H18N4OS2. The third kappa shape index (κ3) is 4.04. The minimum absolute atomic E-state index is 0.209. The van der Waals surface area contributed by atoms with Gasteiger partial charge in [0.25, 0.3) is 5.91 Å². The molecule has 0 bridgehead atoms. The molecule has 5 nitrogen and oxygen atoms in total. The highest BCUT2D eigenvalue weighted by atomic mass is 32.2. The quantitative estimate of drug-likeness (QED) is 0.439. The molecule has 0 aliphatic heterocycles. The van der Waals surface area contributed by atoms with Crippen LogP contribution in [0.1, 0.15) is 32.1 Å². The second-order valence-corrected chi connectivity index (χ2v) is 8.84. The fourth-order valence-corrected chi connectivity index (χ4v) is 4.73. The van der Waals surface area contributed by atoms with Crippen molar-refractivity contribution in [2.45, 2.75) is 24.5 Å². The zero-order valence-electron chi connectivity index (χ0n) is 16.0. The molecule has 3 heterocycles. The van der Waals surface area contributed by atoms with Gasteiger partial charge in [-0.3, -0.25) is 4.79 Å². The summed E-state index contributed by atoms with van der Waals surface area (Å²) in [5.41, 5.74) is 3.98. The van der Waals surface area contributed by atoms with E-state index in [0.717, 1.165) is 32.4 Å². The first-order valence-electron chi connectivity index (χ1n) is 9.02. The minimum Gasteiger partial charge on any atom is -0.312 e. The average molecular weight is 419 g/mol. The van der Waals surface area contributed by atoms with Crippen molar-refractivity contribution < 1.29 is 4.79 Å². The number of nitrogens with zero attached hydrogens (tertiary/aromatic N) is 3. The van der Waals surface area contributed by atoms with Gasteiger partial charge in [-0.1, -0.05) is 6.07 Å². The summed E-state index contributed by atoms with van der Waals surface area (Å²) in [5.74, 6) is 0.548. The predicted molar refractivity (Wildman–Crippen MR) is 118 cm³/mol. The number of thiophene rings is 1. The molecule has 0 spiro atoms. The Bertz CT molecular complexity index is 1200. The number of anilines is 1. The molecule has 4 aromatic rings. The maximum atomic E-state index is 12.6. The van der Waals surface area contributed by atoms with E-state index in [2.05, 4.69) is 16.4 Å². The molecule has 0 aliphatic rings. The third-order valence-corrected chi connectivity index (χ3v) is 6.81. The number of carbonyl (C=O) groups excluding carboxylic acids is 1. The number of benzene rings is 1. The van der Waals surface area contributed by atoms with Crippen LogP contribution in [0.4, 0.5) is 5.00 Å². The second kappa shape index (κ2) is 8.11. The van der Waals surface area contributed by atoms with Crippen molar-refractivity contribution in [3.05, 3.63) is 82.1 Å². The monoisotopic (exact) mass is 418 g/mol. The van der Waals surface area contributed by atoms with Crippen molar-refractivity contribution >= 4 is 39.7 Å². The number of carbonyl (C=O) groups is 1. The summed E-state index contributed by atoms with van der Waals surface area (Å²) in [7, 11) is 0. The van der Waals surface area contributed by atoms with Crippen LogP contribution in [-0.2, 0) is 5.75 Å². The van der Waals surface area contributed by atoms with Gasteiger partial charge in [0.05, 0.1) is 11.3 Å². The maximum absolute atomic E-state index is 12.6. The van der Waals surface area contributed by atoms with Crippen LogP contribution in [0.25, 0.3) is 5.65 Å². The number of nitriles is 1. The van der Waals surface area contributed by atoms with E-state index >= 15 is 0 Å². The molecule has 1 N–H and O–H groups in total. The second-order valence-electron chi connectivity index (χ2n) is 6.56. The number of aromatic nitrogens is 2. The molecule has 0 saturated carbocycles. The Morgan fingerprint density at radius 1 is 1.24 bits per heavy atom. The number of imidazole rings is 1. The first-order chi connectivity index (χ1) is 14.0. The molecule has 0 atom stereocenters. The van der Waals surface area contributed by atoms with E-state index in [1.807, 2.05) is 61.0 Å². The van der Waals surface area contributed by atoms with Gasteiger partial charge < -0.3 is 9.72 Å². The number of rotatable bonds is 5. The number of hydrogen-bond donors (Lipinski definition) is 1. The summed E-state index contributed by atoms with van der Waals surface area (Å²) in [6.45, 7) is 3.85. The number of aryl methyl sites for hydroxylation is 1. The fourth-order valence-electron chi connectivity index (χ4n) is 2.94. The fraction of sp³-hybridized carbons (Fsp3) is 0.136. The van der Waals surface area contributed by atoms with Crippen LogP contribution in [0.5, 0.6) is 0 Å². The largest absolute Gasteiger partial charge is 0.312 e. The molecule has 0 unspecified atom stereocenters. The Morgan fingerprint density at radius 2 is 2.03 bits per heavy atom. The lowest BCUT2D eigenvalue weighted by Crippen LogP contribution is -2.11. The Hall–Kier alpha value is -3.08. The van der Waals surface area contributed by atoms with E-state index < -0.39 is 0 Å². The topological polar surface area (TPSA) is 70.2 Å². The number of pyridine rings is 1. The van der Waals surface area contributed by atoms with Gasteiger partial charge in [0.2, 0.25) is 0 Å². The SMILES string of the molecule is Cc1sc(NC(=O)c2ccc(SCc3cn4ccccc4n3)cc2)c(C#N)c1C. The van der Waals surface area contributed by atoms with Crippen LogP contribution < -0.4 is 5.32 Å². The van der Waals surface area contributed by atoms with Crippen molar-refractivity contribution in [1.82, 2.24) is 9.38 Å². The van der Waals surface area contributed by atoms with Crippen molar-refractivity contribution in [3.63, 3.8) is 0 Å². The van der Waals surface area contributed by atoms with E-state index in [9.17, 15) is 10.1 Å². The zero-order chi connectivity index (χ0) is 20.4. The predicted octanol–water partition coefficient (Wildman–Crippen LogP) is 5.43. The van der Waals surface area contributed by atoms with Gasteiger partial charge in [-0.05, 0) is 55.8 Å². The number of amides is 1. The molecule has 1 amide bonds. The summed E-state index contributed by atoms with van der Waals surface area (Å²) in [5, 5.41) is 12.8. The van der Waals surface area contributed by atoms with Gasteiger partial charge in [0.1, 0.15) is 16.7 Å². The van der Waals surface area contributed by atoms with Gasteiger partial charge in [-0.2, -0.15) is 5.26 Å². The highest BCUT2D eigenvalue weighted by molar-refractivity contribution is 7.98. The molecule has 0 saturated heterocycles. The van der Waals surface area contributed by atoms with Crippen LogP contribution in [0.15, 0.2) is 59.8 Å². The van der Waals surface area contributed by atoms with E-state index in [-0.39, 0.29) is 5.91 Å². The molecule has 0 radical (unpaired) electrons. The van der Waals surface area contributed by atoms with Crippen LogP contribution in [0, 0.1) is 25.2 Å². The van der Waals surface area contributed by atoms with Gasteiger partial charge in [-0.15, -0.1) is 23.1 Å². The van der Waals surface area contributed by atoms with E-state index in [1.165, 1.54) is 11.3 Å². The maximum Gasteiger partial charge on any atom is 0.256 e. The van der Waals surface area contributed by atoms with Crippen molar-refractivity contribution in [2.24, 2.45) is 0 Å². The summed E-state index contributed by atoms with van der Waals surface area (Å²) < 4.78 is 2.01. The molecular weight excluding hydrogens is 400 g/mol. The number of fused-ring (bicyclic) bond motifs is 1. The Kier molecular flexibility index (Phi) is 5.38. The highest BCUT2D eigenvalue weighted by Crippen LogP contribution is 2.32. The van der Waals surface area contributed by atoms with Crippen molar-refractivity contribution in [2.75, 3.05) is 5.32 Å². The van der Waals surface area contributed by atoms with E-state index in [4.69, 9.17) is 0 Å². The minimum atomic E-state index is -0.209. The van der Waals surface area contributed by atoms with Crippen LogP contribution in [0.3, 0.4) is 0 Å². The first-order valence-corrected chi connectivity index (χ1v) is 10.8. The van der Waals surface area contributed by atoms with Crippen molar-refractivity contribution in [1.29, 1.82) is 5.26 Å². The smallest absolute Gasteiger partial charge is 0.256 e. The van der Waals surface area contributed by atoms with Crippen LogP contribution in [0.2, 0.25) is 0 Å². The zero-order valence-corrected chi connectivity index (χ0v) is 17.6. The van der Waals surface area contributed by atoms with Gasteiger partial charge >= 0.3 is 0 Å². The van der Waals surface area contributed by atoms with Crippen LogP contribution in [-0.4, -0.2) is 15.3 Å². The standard InChI is InChI=1S/C22H18N4OS2/c1-14-15(2)29-22(19(14)11-23)25-21(27)16-6-8-18(9-7-16)28-13-17-12-26-10-4-3-5-20(26)24-17/h3-10,12H,13H2,1-2H3,(H,25,27). The Balaban J connectivity index is 1.41. The average Bonchev–Trinajstić information content (AvgIpc) is 3.27. The normalized spacial score (nSPS) is 10.8. The molecule has 7 heteroatoms. The van der Waals surface area contributed by atoms with Gasteiger partial charge in [0.15, 0.2) is 0 Å². The lowest BCUT2D eigenvalue weighted by molar-refractivity contribution is 0.102. The summed E-state index contributed by atoms with van der Waals surface area (Å²) in [4.78, 5) is 19.3. The molecule has 4 rings (SSSR count). The first kappa shape index (κ1) is 19.2. The summed E-state index contributed by atoms with van der Waals surface area (Å²) in [6, 6.07) is 15.6. The van der Waals surface area contributed by atoms with E-state index in [1.54, 1.807) is 23.9 Å². The number of thioether (sulfide) groups is 1. The van der Waals surface area contributed by atoms with Gasteiger partial charge in [-0.25, -0.2) is 4.98 Å². The lowest BCUT2D eigenvalue weighted by Gasteiger charge is -2.05. The molecule has 29 heavy (non-hydrogen) atoms. The number of nitrogens with one attached hydrogen (secondary N) is 1. The summed E-state index contributed by atoms with van der Waals surface area (Å²) >= 11 is 3.11.